The largest absolute Gasteiger partial charge is 0.461 e. The zero-order chi connectivity index (χ0) is 14.5. The first kappa shape index (κ1) is 14.6. The molecule has 8 heteroatoms. The molecule has 0 radical (unpaired) electrons. The van der Waals surface area contributed by atoms with E-state index >= 15 is 0 Å². The Morgan fingerprint density at radius 3 is 2.90 bits per heavy atom. The van der Waals surface area contributed by atoms with Crippen LogP contribution in [0.3, 0.4) is 0 Å². The van der Waals surface area contributed by atoms with E-state index in [1.54, 1.807) is 13.1 Å². The first-order valence-corrected chi connectivity index (χ1v) is 7.70. The molecule has 20 heavy (non-hydrogen) atoms. The van der Waals surface area contributed by atoms with Crippen LogP contribution in [0.2, 0.25) is 0 Å². The van der Waals surface area contributed by atoms with Crippen molar-refractivity contribution in [3.63, 3.8) is 0 Å². The number of hydrogen-bond donors (Lipinski definition) is 1. The molecule has 0 aliphatic rings. The van der Waals surface area contributed by atoms with Gasteiger partial charge in [-0.3, -0.25) is 4.79 Å². The van der Waals surface area contributed by atoms with Crippen LogP contribution in [0.4, 0.5) is 0 Å². The summed E-state index contributed by atoms with van der Waals surface area (Å²) >= 11 is 2.56. The van der Waals surface area contributed by atoms with Crippen LogP contribution in [0.25, 0.3) is 0 Å². The SMILES string of the molecule is CCOC(=O)c1nc(C(=O)NC(C)c2nccs2)cs1. The minimum atomic E-state index is -0.510. The first-order valence-electron chi connectivity index (χ1n) is 5.94. The van der Waals surface area contributed by atoms with Gasteiger partial charge >= 0.3 is 5.97 Å². The van der Waals surface area contributed by atoms with E-state index in [0.29, 0.717) is 0 Å². The zero-order valence-electron chi connectivity index (χ0n) is 11.0. The predicted octanol–water partition coefficient (Wildman–Crippen LogP) is 2.27. The van der Waals surface area contributed by atoms with Gasteiger partial charge in [-0.15, -0.1) is 22.7 Å². The highest BCUT2D eigenvalue weighted by Gasteiger charge is 2.18. The van der Waals surface area contributed by atoms with Crippen molar-refractivity contribution in [2.45, 2.75) is 19.9 Å². The standard InChI is InChI=1S/C12H13N3O3S2/c1-3-18-12(17)11-15-8(6-20-11)9(16)14-7(2)10-13-4-5-19-10/h4-7H,3H2,1-2H3,(H,14,16). The summed E-state index contributed by atoms with van der Waals surface area (Å²) in [6, 6.07) is -0.199. The van der Waals surface area contributed by atoms with Gasteiger partial charge in [-0.1, -0.05) is 0 Å². The van der Waals surface area contributed by atoms with Gasteiger partial charge in [0, 0.05) is 17.0 Å². The number of carbonyl (C=O) groups excluding carboxylic acids is 2. The van der Waals surface area contributed by atoms with Gasteiger partial charge in [-0.25, -0.2) is 14.8 Å². The molecule has 0 aliphatic heterocycles. The fourth-order valence-electron chi connectivity index (χ4n) is 1.45. The molecule has 6 nitrogen and oxygen atoms in total. The maximum atomic E-state index is 12.0. The van der Waals surface area contributed by atoms with Crippen molar-refractivity contribution >= 4 is 34.6 Å². The molecule has 2 heterocycles. The molecule has 1 amide bonds. The van der Waals surface area contributed by atoms with Crippen molar-refractivity contribution in [1.82, 2.24) is 15.3 Å². The van der Waals surface area contributed by atoms with Crippen molar-refractivity contribution < 1.29 is 14.3 Å². The van der Waals surface area contributed by atoms with Gasteiger partial charge in [0.1, 0.15) is 10.7 Å². The third kappa shape index (κ3) is 3.40. The molecule has 0 aromatic carbocycles. The molecule has 0 saturated carbocycles. The van der Waals surface area contributed by atoms with Crippen molar-refractivity contribution in [2.75, 3.05) is 6.61 Å². The molecule has 0 bridgehead atoms. The fraction of sp³-hybridized carbons (Fsp3) is 0.333. The lowest BCUT2D eigenvalue weighted by Crippen LogP contribution is -2.27. The maximum absolute atomic E-state index is 12.0. The number of hydrogen-bond acceptors (Lipinski definition) is 7. The number of thiazole rings is 2. The lowest BCUT2D eigenvalue weighted by molar-refractivity contribution is 0.0526. The summed E-state index contributed by atoms with van der Waals surface area (Å²) in [4.78, 5) is 31.6. The molecule has 0 fully saturated rings. The van der Waals surface area contributed by atoms with Gasteiger partial charge < -0.3 is 10.1 Å². The highest BCUT2D eigenvalue weighted by molar-refractivity contribution is 7.11. The van der Waals surface area contributed by atoms with Gasteiger partial charge in [0.25, 0.3) is 5.91 Å². The van der Waals surface area contributed by atoms with Gasteiger partial charge in [-0.2, -0.15) is 0 Å². The normalized spacial score (nSPS) is 11.9. The molecule has 1 unspecified atom stereocenters. The predicted molar refractivity (Wildman–Crippen MR) is 76.1 cm³/mol. The minimum absolute atomic E-state index is 0.180. The van der Waals surface area contributed by atoms with Crippen LogP contribution in [0.1, 0.15) is 45.2 Å². The average Bonchev–Trinajstić information content (AvgIpc) is 3.10. The lowest BCUT2D eigenvalue weighted by Gasteiger charge is -2.09. The smallest absolute Gasteiger partial charge is 0.367 e. The number of esters is 1. The van der Waals surface area contributed by atoms with Crippen LogP contribution in [0.15, 0.2) is 17.0 Å². The Hall–Kier alpha value is -1.80. The minimum Gasteiger partial charge on any atom is -0.461 e. The topological polar surface area (TPSA) is 81.2 Å². The molecule has 1 N–H and O–H groups in total. The van der Waals surface area contributed by atoms with E-state index in [4.69, 9.17) is 4.74 Å². The molecule has 2 aromatic heterocycles. The Labute approximate surface area is 123 Å². The van der Waals surface area contributed by atoms with Crippen molar-refractivity contribution in [3.05, 3.63) is 32.7 Å². The second-order valence-corrected chi connectivity index (χ2v) is 5.61. The van der Waals surface area contributed by atoms with Gasteiger partial charge in [0.2, 0.25) is 5.01 Å². The highest BCUT2D eigenvalue weighted by Crippen LogP contribution is 2.16. The molecule has 2 aromatic rings. The summed E-state index contributed by atoms with van der Waals surface area (Å²) in [5.74, 6) is -0.843. The van der Waals surface area contributed by atoms with Gasteiger partial charge in [-0.05, 0) is 13.8 Å². The monoisotopic (exact) mass is 311 g/mol. The van der Waals surface area contributed by atoms with Gasteiger partial charge in [0.15, 0.2) is 0 Å². The number of nitrogens with zero attached hydrogens (tertiary/aromatic N) is 2. The summed E-state index contributed by atoms with van der Waals surface area (Å²) < 4.78 is 4.83. The summed E-state index contributed by atoms with van der Waals surface area (Å²) in [5.41, 5.74) is 0.210. The molecular formula is C12H13N3O3S2. The molecule has 0 spiro atoms. The third-order valence-corrected chi connectivity index (χ3v) is 4.14. The van der Waals surface area contributed by atoms with E-state index in [1.165, 1.54) is 16.7 Å². The average molecular weight is 311 g/mol. The molecule has 0 saturated heterocycles. The van der Waals surface area contributed by atoms with E-state index < -0.39 is 5.97 Å². The molecular weight excluding hydrogens is 298 g/mol. The quantitative estimate of drug-likeness (QED) is 0.857. The third-order valence-electron chi connectivity index (χ3n) is 2.36. The van der Waals surface area contributed by atoms with E-state index in [0.717, 1.165) is 16.3 Å². The molecule has 1 atom stereocenters. The Kier molecular flexibility index (Phi) is 4.80. The number of aromatic nitrogens is 2. The summed E-state index contributed by atoms with van der Waals surface area (Å²) in [7, 11) is 0. The summed E-state index contributed by atoms with van der Waals surface area (Å²) in [6.07, 6.45) is 1.68. The Balaban J connectivity index is 2.01. The summed E-state index contributed by atoms with van der Waals surface area (Å²) in [5, 5.41) is 7.17. The van der Waals surface area contributed by atoms with Crippen LogP contribution in [-0.4, -0.2) is 28.5 Å². The number of carbonyl (C=O) groups is 2. The van der Waals surface area contributed by atoms with Gasteiger partial charge in [0.05, 0.1) is 12.6 Å². The maximum Gasteiger partial charge on any atom is 0.367 e. The van der Waals surface area contributed by atoms with E-state index in [-0.39, 0.29) is 29.3 Å². The summed E-state index contributed by atoms with van der Waals surface area (Å²) in [6.45, 7) is 3.84. The Morgan fingerprint density at radius 2 is 2.25 bits per heavy atom. The van der Waals surface area contributed by atoms with Crippen molar-refractivity contribution in [1.29, 1.82) is 0 Å². The number of nitrogens with one attached hydrogen (secondary N) is 1. The second kappa shape index (κ2) is 6.58. The van der Waals surface area contributed by atoms with Crippen molar-refractivity contribution in [2.24, 2.45) is 0 Å². The van der Waals surface area contributed by atoms with E-state index in [2.05, 4.69) is 15.3 Å². The molecule has 0 aliphatic carbocycles. The Morgan fingerprint density at radius 1 is 1.45 bits per heavy atom. The van der Waals surface area contributed by atoms with Crippen molar-refractivity contribution in [3.8, 4) is 0 Å². The molecule has 2 rings (SSSR count). The molecule has 106 valence electrons. The number of ether oxygens (including phenoxy) is 1. The van der Waals surface area contributed by atoms with Crippen LogP contribution in [0, 0.1) is 0 Å². The van der Waals surface area contributed by atoms with E-state index in [9.17, 15) is 9.59 Å². The zero-order valence-corrected chi connectivity index (χ0v) is 12.6. The first-order chi connectivity index (χ1) is 9.61. The van der Waals surface area contributed by atoms with Crippen LogP contribution >= 0.6 is 22.7 Å². The van der Waals surface area contributed by atoms with Crippen LogP contribution in [-0.2, 0) is 4.74 Å². The Bertz CT molecular complexity index is 595. The van der Waals surface area contributed by atoms with Crippen LogP contribution in [0.5, 0.6) is 0 Å². The highest BCUT2D eigenvalue weighted by atomic mass is 32.1. The van der Waals surface area contributed by atoms with Crippen LogP contribution < -0.4 is 5.32 Å². The second-order valence-electron chi connectivity index (χ2n) is 3.82. The fourth-order valence-corrected chi connectivity index (χ4v) is 2.78. The lowest BCUT2D eigenvalue weighted by atomic mass is 10.3. The number of rotatable bonds is 5. The number of amides is 1. The van der Waals surface area contributed by atoms with E-state index in [1.807, 2.05) is 12.3 Å².